The quantitative estimate of drug-likeness (QED) is 0.0169. The van der Waals surface area contributed by atoms with Gasteiger partial charge in [0.1, 0.15) is 19.3 Å². The number of aliphatic hydroxyl groups excluding tert-OH is 1. The van der Waals surface area contributed by atoms with Gasteiger partial charge in [-0.05, 0) is 116 Å². The molecule has 17 nitrogen and oxygen atoms in total. The standard InChI is InChI=1S/C81H148O17P2/c1-5-9-13-17-21-25-29-33-37-41-45-49-53-57-61-65-78(83)91-71-76(97-80(85)67-63-59-55-51-47-43-39-35-31-27-23-19-15-11-7-3)73-95-99(87,88)93-69-75(82)70-94-100(89,90)96-74-77(98-81(86)68-64-60-56-52-48-44-40-36-32-28-24-20-16-12-8-4)72-92-79(84)66-62-58-54-50-46-42-38-34-30-26-22-18-14-10-6-2/h21,23,25,27,33-35,37-39,75-77,82H,5-20,22,24,26,28-32,36,40-74H2,1-4H3,(H,87,88)(H,89,90)/b25-21-,27-23-,37-33-,38-34-,39-35-. The molecule has 19 heteroatoms. The Morgan fingerprint density at radius 2 is 0.490 bits per heavy atom. The third-order valence-electron chi connectivity index (χ3n) is 17.5. The molecule has 100 heavy (non-hydrogen) atoms. The van der Waals surface area contributed by atoms with Crippen molar-refractivity contribution < 1.29 is 80.2 Å². The lowest BCUT2D eigenvalue weighted by atomic mass is 10.0. The van der Waals surface area contributed by atoms with Crippen LogP contribution in [0.3, 0.4) is 0 Å². The molecular formula is C81H148O17P2. The van der Waals surface area contributed by atoms with Gasteiger partial charge in [-0.3, -0.25) is 37.3 Å². The monoisotopic (exact) mass is 1460 g/mol. The number of hydrogen-bond acceptors (Lipinski definition) is 15. The number of esters is 4. The van der Waals surface area contributed by atoms with Crippen LogP contribution in [0, 0.1) is 0 Å². The van der Waals surface area contributed by atoms with E-state index in [-0.39, 0.29) is 25.7 Å². The lowest BCUT2D eigenvalue weighted by Gasteiger charge is -2.21. The lowest BCUT2D eigenvalue weighted by molar-refractivity contribution is -0.161. The molecule has 0 bridgehead atoms. The third kappa shape index (κ3) is 73.1. The first-order valence-corrected chi connectivity index (χ1v) is 43.5. The van der Waals surface area contributed by atoms with Crippen LogP contribution < -0.4 is 0 Å². The molecule has 0 amide bonds. The molecule has 0 aliphatic carbocycles. The minimum atomic E-state index is -4.98. The van der Waals surface area contributed by atoms with E-state index in [0.717, 1.165) is 154 Å². The van der Waals surface area contributed by atoms with Crippen LogP contribution in [0.2, 0.25) is 0 Å². The number of rotatable bonds is 77. The molecule has 0 fully saturated rings. The molecule has 0 saturated carbocycles. The van der Waals surface area contributed by atoms with Gasteiger partial charge in [0, 0.05) is 25.7 Å². The SMILES string of the molecule is CCCCC/C=C\C/C=C\CCCCCCCC(=O)OCC(COP(=O)(O)OCC(O)COP(=O)(O)OCC(COC(=O)CCCCCCC/C=C\CCCCCCCC)OC(=O)CCCCCCCCCCCCCCCCC)OC(=O)CCCCCCC/C=C\C/C=C\CCCCC. The molecule has 0 aliphatic rings. The van der Waals surface area contributed by atoms with Crippen molar-refractivity contribution in [1.82, 2.24) is 0 Å². The number of hydrogen-bond donors (Lipinski definition) is 3. The van der Waals surface area contributed by atoms with Crippen molar-refractivity contribution >= 4 is 39.5 Å². The van der Waals surface area contributed by atoms with Gasteiger partial charge in [0.05, 0.1) is 26.4 Å². The number of ether oxygens (including phenoxy) is 4. The van der Waals surface area contributed by atoms with Crippen LogP contribution >= 0.6 is 15.6 Å². The van der Waals surface area contributed by atoms with Gasteiger partial charge in [-0.2, -0.15) is 0 Å². The van der Waals surface area contributed by atoms with Crippen LogP contribution in [-0.2, 0) is 65.4 Å². The molecular weight excluding hydrogens is 1310 g/mol. The average Bonchev–Trinajstić information content (AvgIpc) is 1.01. The minimum Gasteiger partial charge on any atom is -0.462 e. The fourth-order valence-corrected chi connectivity index (χ4v) is 12.8. The molecule has 0 aromatic carbocycles. The third-order valence-corrected chi connectivity index (χ3v) is 19.4. The molecule has 0 rings (SSSR count). The van der Waals surface area contributed by atoms with E-state index in [9.17, 15) is 43.2 Å². The Bertz CT molecular complexity index is 2130. The van der Waals surface area contributed by atoms with E-state index in [0.29, 0.717) is 25.7 Å². The van der Waals surface area contributed by atoms with Gasteiger partial charge in [-0.15, -0.1) is 0 Å². The van der Waals surface area contributed by atoms with Gasteiger partial charge >= 0.3 is 39.5 Å². The number of aliphatic hydroxyl groups is 1. The smallest absolute Gasteiger partial charge is 0.462 e. The van der Waals surface area contributed by atoms with E-state index in [1.54, 1.807) is 0 Å². The van der Waals surface area contributed by atoms with Gasteiger partial charge in [-0.1, -0.05) is 294 Å². The Morgan fingerprint density at radius 1 is 0.280 bits per heavy atom. The number of allylic oxidation sites excluding steroid dienone is 10. The summed E-state index contributed by atoms with van der Waals surface area (Å²) >= 11 is 0. The largest absolute Gasteiger partial charge is 0.472 e. The van der Waals surface area contributed by atoms with Crippen molar-refractivity contribution in [2.75, 3.05) is 39.6 Å². The van der Waals surface area contributed by atoms with Crippen molar-refractivity contribution in [3.8, 4) is 0 Å². The number of phosphoric acid groups is 2. The number of carbonyl (C=O) groups is 4. The van der Waals surface area contributed by atoms with E-state index in [2.05, 4.69) is 88.5 Å². The zero-order chi connectivity index (χ0) is 73.2. The maximum absolute atomic E-state index is 13.1. The first-order chi connectivity index (χ1) is 48.7. The second-order valence-electron chi connectivity index (χ2n) is 27.4. The Labute approximate surface area is 610 Å². The van der Waals surface area contributed by atoms with E-state index >= 15 is 0 Å². The van der Waals surface area contributed by atoms with Crippen molar-refractivity contribution in [2.24, 2.45) is 0 Å². The van der Waals surface area contributed by atoms with Crippen LogP contribution in [0.1, 0.15) is 374 Å². The second-order valence-corrected chi connectivity index (χ2v) is 30.3. The summed E-state index contributed by atoms with van der Waals surface area (Å²) in [6.07, 6.45) is 73.3. The Morgan fingerprint density at radius 3 is 0.770 bits per heavy atom. The minimum absolute atomic E-state index is 0.0793. The summed E-state index contributed by atoms with van der Waals surface area (Å²) in [6, 6.07) is 0. The molecule has 0 aromatic rings. The summed E-state index contributed by atoms with van der Waals surface area (Å²) in [5, 5.41) is 10.6. The highest BCUT2D eigenvalue weighted by Gasteiger charge is 2.30. The lowest BCUT2D eigenvalue weighted by Crippen LogP contribution is -2.30. The van der Waals surface area contributed by atoms with E-state index in [4.69, 9.17) is 37.0 Å². The zero-order valence-corrected chi connectivity index (χ0v) is 65.7. The first kappa shape index (κ1) is 96.8. The highest BCUT2D eigenvalue weighted by Crippen LogP contribution is 2.45. The van der Waals surface area contributed by atoms with Crippen LogP contribution in [0.4, 0.5) is 0 Å². The van der Waals surface area contributed by atoms with Crippen LogP contribution in [0.5, 0.6) is 0 Å². The predicted molar refractivity (Wildman–Crippen MR) is 409 cm³/mol. The molecule has 5 unspecified atom stereocenters. The van der Waals surface area contributed by atoms with Crippen LogP contribution in [-0.4, -0.2) is 96.7 Å². The van der Waals surface area contributed by atoms with Crippen molar-refractivity contribution in [2.45, 2.75) is 393 Å². The Kier molecular flexibility index (Phi) is 71.6. The molecule has 0 radical (unpaired) electrons. The maximum Gasteiger partial charge on any atom is 0.472 e. The molecule has 0 aliphatic heterocycles. The topological polar surface area (TPSA) is 237 Å². The number of unbranched alkanes of at least 4 members (excludes halogenated alkanes) is 41. The normalized spacial score (nSPS) is 14.2. The highest BCUT2D eigenvalue weighted by atomic mass is 31.2. The Hall–Kier alpha value is -3.24. The zero-order valence-electron chi connectivity index (χ0n) is 63.9. The summed E-state index contributed by atoms with van der Waals surface area (Å²) < 4.78 is 68.6. The fraction of sp³-hybridized carbons (Fsp3) is 0.827. The van der Waals surface area contributed by atoms with E-state index in [1.165, 1.54) is 141 Å². The van der Waals surface area contributed by atoms with Crippen molar-refractivity contribution in [3.05, 3.63) is 60.8 Å². The maximum atomic E-state index is 13.1. The Balaban J connectivity index is 5.35. The molecule has 5 atom stereocenters. The predicted octanol–water partition coefficient (Wildman–Crippen LogP) is 23.5. The summed E-state index contributed by atoms with van der Waals surface area (Å²) in [4.78, 5) is 73.0. The van der Waals surface area contributed by atoms with Gasteiger partial charge < -0.3 is 33.8 Å². The van der Waals surface area contributed by atoms with Gasteiger partial charge in [0.25, 0.3) is 0 Å². The number of phosphoric ester groups is 2. The molecule has 0 aromatic heterocycles. The average molecular weight is 1460 g/mol. The molecule has 3 N–H and O–H groups in total. The molecule has 0 heterocycles. The molecule has 0 saturated heterocycles. The van der Waals surface area contributed by atoms with E-state index < -0.39 is 97.5 Å². The molecule has 584 valence electrons. The number of carbonyl (C=O) groups excluding carboxylic acids is 4. The summed E-state index contributed by atoms with van der Waals surface area (Å²) in [5.41, 5.74) is 0. The summed E-state index contributed by atoms with van der Waals surface area (Å²) in [7, 11) is -9.95. The van der Waals surface area contributed by atoms with E-state index in [1.807, 2.05) is 0 Å². The van der Waals surface area contributed by atoms with Gasteiger partial charge in [0.15, 0.2) is 12.2 Å². The van der Waals surface area contributed by atoms with Gasteiger partial charge in [0.2, 0.25) is 0 Å². The summed E-state index contributed by atoms with van der Waals surface area (Å²) in [5.74, 6) is -2.18. The van der Waals surface area contributed by atoms with Crippen LogP contribution in [0.15, 0.2) is 60.8 Å². The molecule has 0 spiro atoms. The first-order valence-electron chi connectivity index (χ1n) is 40.5. The van der Waals surface area contributed by atoms with Gasteiger partial charge in [-0.25, -0.2) is 9.13 Å². The highest BCUT2D eigenvalue weighted by molar-refractivity contribution is 7.47. The van der Waals surface area contributed by atoms with Crippen molar-refractivity contribution in [1.29, 1.82) is 0 Å². The van der Waals surface area contributed by atoms with Crippen molar-refractivity contribution in [3.63, 3.8) is 0 Å². The fourth-order valence-electron chi connectivity index (χ4n) is 11.2. The second kappa shape index (κ2) is 74.0. The van der Waals surface area contributed by atoms with Crippen LogP contribution in [0.25, 0.3) is 0 Å². The summed E-state index contributed by atoms with van der Waals surface area (Å²) in [6.45, 7) is 4.85.